The first-order valence-corrected chi connectivity index (χ1v) is 10.3. The largest absolute Gasteiger partial charge is 0.481 e. The smallest absolute Gasteiger partial charge is 0.303 e. The van der Waals surface area contributed by atoms with Crippen molar-refractivity contribution in [1.29, 1.82) is 0 Å². The van der Waals surface area contributed by atoms with Crippen LogP contribution < -0.4 is 0 Å². The minimum absolute atomic E-state index is 0.0207. The quantitative estimate of drug-likeness (QED) is 0.274. The van der Waals surface area contributed by atoms with Gasteiger partial charge in [0.1, 0.15) is 0 Å². The lowest BCUT2D eigenvalue weighted by atomic mass is 9.91. The minimum atomic E-state index is -1.03. The highest BCUT2D eigenvalue weighted by atomic mass is 16.4. The van der Waals surface area contributed by atoms with Crippen LogP contribution >= 0.6 is 0 Å². The van der Waals surface area contributed by atoms with Gasteiger partial charge in [0.15, 0.2) is 0 Å². The summed E-state index contributed by atoms with van der Waals surface area (Å²) < 4.78 is 0. The fraction of sp³-hybridized carbons (Fsp3) is 0.625. The van der Waals surface area contributed by atoms with E-state index >= 15 is 0 Å². The van der Waals surface area contributed by atoms with Crippen LogP contribution in [0.15, 0.2) is 36.5 Å². The second-order valence-electron chi connectivity index (χ2n) is 8.27. The van der Waals surface area contributed by atoms with Crippen molar-refractivity contribution in [2.24, 2.45) is 5.41 Å². The first-order valence-electron chi connectivity index (χ1n) is 10.3. The summed E-state index contributed by atoms with van der Waals surface area (Å²) in [7, 11) is 0. The van der Waals surface area contributed by atoms with E-state index in [-0.39, 0.29) is 18.3 Å². The van der Waals surface area contributed by atoms with E-state index < -0.39 is 23.8 Å². The molecule has 0 aromatic carbocycles. The second-order valence-corrected chi connectivity index (χ2v) is 8.27. The molecule has 0 aromatic heterocycles. The summed E-state index contributed by atoms with van der Waals surface area (Å²) in [4.78, 5) is 10.4. The van der Waals surface area contributed by atoms with Crippen LogP contribution in [0.2, 0.25) is 0 Å². The Morgan fingerprint density at radius 3 is 2.34 bits per heavy atom. The maximum absolute atomic E-state index is 10.4. The third-order valence-electron chi connectivity index (χ3n) is 4.39. The maximum atomic E-state index is 10.4. The normalized spacial score (nSPS) is 16.7. The van der Waals surface area contributed by atoms with Gasteiger partial charge in [0.25, 0.3) is 0 Å². The van der Waals surface area contributed by atoms with E-state index in [1.54, 1.807) is 18.2 Å². The Balaban J connectivity index is 4.44. The maximum Gasteiger partial charge on any atom is 0.303 e. The van der Waals surface area contributed by atoms with E-state index in [0.29, 0.717) is 12.8 Å². The summed E-state index contributed by atoms with van der Waals surface area (Å²) in [6.07, 6.45) is 12.3. The summed E-state index contributed by atoms with van der Waals surface area (Å²) in [6, 6.07) is 0. The number of allylic oxidation sites excluding steroid dienone is 5. The number of rotatable bonds is 13. The SMILES string of the molecule is CCCCC(C)(O)CC#CC(C)(C)\C=C/C=C/C=C/[C@@H](O)[C@@H](O)CCCC(=O)O. The van der Waals surface area contributed by atoms with E-state index in [4.69, 9.17) is 5.11 Å². The molecule has 3 atom stereocenters. The van der Waals surface area contributed by atoms with Crippen LogP contribution in [0, 0.1) is 17.3 Å². The summed E-state index contributed by atoms with van der Waals surface area (Å²) in [5, 5.41) is 38.4. The minimum Gasteiger partial charge on any atom is -0.481 e. The van der Waals surface area contributed by atoms with Crippen LogP contribution in [-0.4, -0.2) is 44.2 Å². The van der Waals surface area contributed by atoms with E-state index in [0.717, 1.165) is 19.3 Å². The highest BCUT2D eigenvalue weighted by Gasteiger charge is 2.18. The number of carboxylic acids is 1. The number of aliphatic carboxylic acids is 1. The Kier molecular flexibility index (Phi) is 13.3. The molecule has 0 saturated carbocycles. The molecule has 0 bridgehead atoms. The van der Waals surface area contributed by atoms with Gasteiger partial charge in [0, 0.05) is 18.3 Å². The molecule has 4 N–H and O–H groups in total. The molecule has 29 heavy (non-hydrogen) atoms. The zero-order valence-corrected chi connectivity index (χ0v) is 18.3. The van der Waals surface area contributed by atoms with Crippen molar-refractivity contribution >= 4 is 5.97 Å². The molecule has 5 heteroatoms. The van der Waals surface area contributed by atoms with Gasteiger partial charge in [-0.15, -0.1) is 0 Å². The Labute approximate surface area is 175 Å². The molecule has 5 nitrogen and oxygen atoms in total. The Hall–Kier alpha value is -1.87. The summed E-state index contributed by atoms with van der Waals surface area (Å²) >= 11 is 0. The monoisotopic (exact) mass is 406 g/mol. The van der Waals surface area contributed by atoms with Gasteiger partial charge in [-0.3, -0.25) is 4.79 Å². The van der Waals surface area contributed by atoms with Crippen molar-refractivity contribution in [3.05, 3.63) is 36.5 Å². The Bertz CT molecular complexity index is 617. The molecule has 0 fully saturated rings. The lowest BCUT2D eigenvalue weighted by Crippen LogP contribution is -2.23. The molecule has 0 radical (unpaired) electrons. The highest BCUT2D eigenvalue weighted by Crippen LogP contribution is 2.19. The van der Waals surface area contributed by atoms with Crippen molar-refractivity contribution in [1.82, 2.24) is 0 Å². The van der Waals surface area contributed by atoms with Gasteiger partial charge in [-0.1, -0.05) is 68.1 Å². The molecule has 0 heterocycles. The van der Waals surface area contributed by atoms with Crippen molar-refractivity contribution < 1.29 is 25.2 Å². The number of unbranched alkanes of at least 4 members (excludes halogenated alkanes) is 1. The predicted molar refractivity (Wildman–Crippen MR) is 117 cm³/mol. The summed E-state index contributed by atoms with van der Waals surface area (Å²) in [6.45, 7) is 7.92. The molecule has 0 saturated heterocycles. The molecule has 0 aliphatic rings. The first-order chi connectivity index (χ1) is 13.5. The van der Waals surface area contributed by atoms with Crippen molar-refractivity contribution in [3.8, 4) is 11.8 Å². The third kappa shape index (κ3) is 15.7. The Morgan fingerprint density at radius 1 is 1.07 bits per heavy atom. The number of aliphatic hydroxyl groups is 3. The van der Waals surface area contributed by atoms with Crippen molar-refractivity contribution in [2.45, 2.75) is 90.4 Å². The summed E-state index contributed by atoms with van der Waals surface area (Å²) in [5.41, 5.74) is -1.07. The van der Waals surface area contributed by atoms with Crippen LogP contribution in [0.4, 0.5) is 0 Å². The van der Waals surface area contributed by atoms with E-state index in [1.165, 1.54) is 6.08 Å². The molecular weight excluding hydrogens is 368 g/mol. The average molecular weight is 407 g/mol. The lowest BCUT2D eigenvalue weighted by Gasteiger charge is -2.20. The number of hydrogen-bond donors (Lipinski definition) is 4. The van der Waals surface area contributed by atoms with Crippen LogP contribution in [0.3, 0.4) is 0 Å². The number of carboxylic acid groups (broad SMARTS) is 1. The van der Waals surface area contributed by atoms with Crippen molar-refractivity contribution in [3.63, 3.8) is 0 Å². The number of hydrogen-bond acceptors (Lipinski definition) is 4. The van der Waals surface area contributed by atoms with Gasteiger partial charge in [-0.2, -0.15) is 0 Å². The fourth-order valence-electron chi connectivity index (χ4n) is 2.51. The molecule has 0 aromatic rings. The highest BCUT2D eigenvalue weighted by molar-refractivity contribution is 5.66. The van der Waals surface area contributed by atoms with E-state index in [2.05, 4.69) is 18.8 Å². The summed E-state index contributed by atoms with van der Waals surface area (Å²) in [5.74, 6) is 5.36. The third-order valence-corrected chi connectivity index (χ3v) is 4.39. The topological polar surface area (TPSA) is 98.0 Å². The van der Waals surface area contributed by atoms with Gasteiger partial charge < -0.3 is 20.4 Å². The van der Waals surface area contributed by atoms with Crippen LogP contribution in [0.1, 0.15) is 72.6 Å². The predicted octanol–water partition coefficient (Wildman–Crippen LogP) is 3.99. The number of aliphatic hydroxyl groups excluding tert-OH is 2. The Morgan fingerprint density at radius 2 is 1.72 bits per heavy atom. The standard InChI is InChI=1S/C24H38O5/c1-5-6-18-24(4,29)19-12-17-23(2,3)16-10-8-7-9-13-20(25)21(26)14-11-15-22(27)28/h7-10,13,16,20-21,25-26,29H,5-6,11,14-15,18-19H2,1-4H3,(H,27,28)/b8-7+,13-9+,16-10-/t20-,21+,24?/m1/s1. The first kappa shape index (κ1) is 27.1. The second kappa shape index (κ2) is 14.2. The molecular formula is C24H38O5. The zero-order valence-electron chi connectivity index (χ0n) is 18.3. The van der Waals surface area contributed by atoms with Gasteiger partial charge in [-0.25, -0.2) is 0 Å². The molecule has 164 valence electrons. The molecule has 0 rings (SSSR count). The van der Waals surface area contributed by atoms with Crippen LogP contribution in [0.5, 0.6) is 0 Å². The van der Waals surface area contributed by atoms with Crippen LogP contribution in [-0.2, 0) is 4.79 Å². The van der Waals surface area contributed by atoms with Crippen molar-refractivity contribution in [2.75, 3.05) is 0 Å². The molecule has 0 spiro atoms. The van der Waals surface area contributed by atoms with Gasteiger partial charge in [0.2, 0.25) is 0 Å². The zero-order chi connectivity index (χ0) is 22.3. The van der Waals surface area contributed by atoms with Crippen LogP contribution in [0.25, 0.3) is 0 Å². The van der Waals surface area contributed by atoms with E-state index in [9.17, 15) is 20.1 Å². The molecule has 0 amide bonds. The molecule has 0 aliphatic carbocycles. The van der Waals surface area contributed by atoms with Gasteiger partial charge >= 0.3 is 5.97 Å². The fourth-order valence-corrected chi connectivity index (χ4v) is 2.51. The average Bonchev–Trinajstić information content (AvgIpc) is 2.61. The lowest BCUT2D eigenvalue weighted by molar-refractivity contribution is -0.137. The van der Waals surface area contributed by atoms with Gasteiger partial charge in [-0.05, 0) is 40.0 Å². The van der Waals surface area contributed by atoms with Gasteiger partial charge in [0.05, 0.1) is 17.8 Å². The molecule has 1 unspecified atom stereocenters. The van der Waals surface area contributed by atoms with E-state index in [1.807, 2.05) is 32.9 Å². The molecule has 0 aliphatic heterocycles. The number of carbonyl (C=O) groups is 1.